The van der Waals surface area contributed by atoms with E-state index >= 15 is 0 Å². The number of anilines is 1. The Labute approximate surface area is 142 Å². The van der Waals surface area contributed by atoms with Crippen LogP contribution in [-0.2, 0) is 6.18 Å². The van der Waals surface area contributed by atoms with Crippen molar-refractivity contribution >= 4 is 39.8 Å². The lowest BCUT2D eigenvalue weighted by Gasteiger charge is -2.24. The summed E-state index contributed by atoms with van der Waals surface area (Å²) in [4.78, 5) is 12.1. The average Bonchev–Trinajstić information content (AvgIpc) is 2.37. The molecule has 0 aliphatic heterocycles. The van der Waals surface area contributed by atoms with Gasteiger partial charge < -0.3 is 11.1 Å². The summed E-state index contributed by atoms with van der Waals surface area (Å²) in [5.74, 6) is -0.414. The van der Waals surface area contributed by atoms with Gasteiger partial charge in [-0.1, -0.05) is 6.92 Å². The molecule has 1 aromatic rings. The number of hydrogen-bond donors (Lipinski definition) is 2. The average molecular weight is 404 g/mol. The maximum atomic E-state index is 12.9. The van der Waals surface area contributed by atoms with Crippen LogP contribution in [-0.4, -0.2) is 17.9 Å². The molecule has 0 saturated heterocycles. The Hall–Kier alpha value is -0.790. The van der Waals surface area contributed by atoms with E-state index in [-0.39, 0.29) is 34.5 Å². The summed E-state index contributed by atoms with van der Waals surface area (Å²) in [5, 5.41) is 3.02. The molecule has 1 rings (SSSR count). The first-order valence-corrected chi connectivity index (χ1v) is 7.21. The summed E-state index contributed by atoms with van der Waals surface area (Å²) in [6.07, 6.45) is -3.81. The summed E-state index contributed by atoms with van der Waals surface area (Å²) < 4.78 is 38.7. The van der Waals surface area contributed by atoms with E-state index in [0.717, 1.165) is 12.5 Å². The third-order valence-electron chi connectivity index (χ3n) is 3.37. The summed E-state index contributed by atoms with van der Waals surface area (Å²) in [6.45, 7) is 5.76. The Morgan fingerprint density at radius 1 is 1.32 bits per heavy atom. The van der Waals surface area contributed by atoms with Crippen molar-refractivity contribution < 1.29 is 18.0 Å². The molecule has 126 valence electrons. The number of Topliss-reactive ketones (excluding diaryl/α,β-unsaturated/α-hetero) is 1. The molecule has 3 nitrogen and oxygen atoms in total. The van der Waals surface area contributed by atoms with Crippen molar-refractivity contribution in [2.75, 3.05) is 12.3 Å². The molecule has 0 aliphatic carbocycles. The van der Waals surface area contributed by atoms with Crippen LogP contribution in [0.25, 0.3) is 0 Å². The minimum absolute atomic E-state index is 0. The van der Waals surface area contributed by atoms with E-state index in [4.69, 9.17) is 5.73 Å². The maximum Gasteiger partial charge on any atom is 0.418 e. The van der Waals surface area contributed by atoms with Crippen LogP contribution in [0.1, 0.15) is 43.1 Å². The van der Waals surface area contributed by atoms with Crippen molar-refractivity contribution in [1.82, 2.24) is 5.32 Å². The predicted octanol–water partition coefficient (Wildman–Crippen LogP) is 4.43. The highest BCUT2D eigenvalue weighted by atomic mass is 79.9. The Kier molecular flexibility index (Phi) is 7.38. The molecular formula is C14H19BrClF3N2O. The number of halogens is 5. The molecule has 0 aliphatic rings. The molecule has 0 bridgehead atoms. The highest BCUT2D eigenvalue weighted by molar-refractivity contribution is 9.10. The molecule has 0 radical (unpaired) electrons. The van der Waals surface area contributed by atoms with Crippen molar-refractivity contribution in [2.45, 2.75) is 38.9 Å². The molecule has 0 amide bonds. The smallest absolute Gasteiger partial charge is 0.397 e. The van der Waals surface area contributed by atoms with Gasteiger partial charge in [0.1, 0.15) is 0 Å². The SMILES string of the molecule is CCC(C)(C)NCC(=O)c1cc(Br)c(N)c(C(F)(F)F)c1.Cl. The fraction of sp³-hybridized carbons (Fsp3) is 0.500. The van der Waals surface area contributed by atoms with Crippen LogP contribution in [0, 0.1) is 0 Å². The number of ketones is 1. The Bertz CT molecular complexity index is 548. The second-order valence-corrected chi connectivity index (χ2v) is 6.29. The van der Waals surface area contributed by atoms with Gasteiger partial charge in [-0.25, -0.2) is 0 Å². The summed E-state index contributed by atoms with van der Waals surface area (Å²) in [7, 11) is 0. The summed E-state index contributed by atoms with van der Waals surface area (Å²) in [5.41, 5.74) is 3.71. The first kappa shape index (κ1) is 21.2. The molecule has 0 heterocycles. The molecule has 0 fully saturated rings. The second-order valence-electron chi connectivity index (χ2n) is 5.43. The largest absolute Gasteiger partial charge is 0.418 e. The zero-order chi connectivity index (χ0) is 16.4. The third kappa shape index (κ3) is 5.44. The number of nitrogens with one attached hydrogen (secondary N) is 1. The van der Waals surface area contributed by atoms with Crippen LogP contribution in [0.3, 0.4) is 0 Å². The van der Waals surface area contributed by atoms with Gasteiger partial charge in [0.05, 0.1) is 17.8 Å². The molecule has 0 atom stereocenters. The quantitative estimate of drug-likeness (QED) is 0.565. The van der Waals surface area contributed by atoms with Crippen molar-refractivity contribution in [3.05, 3.63) is 27.7 Å². The molecule has 0 spiro atoms. The van der Waals surface area contributed by atoms with E-state index in [1.165, 1.54) is 6.07 Å². The van der Waals surface area contributed by atoms with Crippen LogP contribution in [0.5, 0.6) is 0 Å². The monoisotopic (exact) mass is 402 g/mol. The second kappa shape index (κ2) is 7.66. The fourth-order valence-corrected chi connectivity index (χ4v) is 2.02. The van der Waals surface area contributed by atoms with E-state index in [1.807, 2.05) is 20.8 Å². The van der Waals surface area contributed by atoms with Crippen LogP contribution in [0.2, 0.25) is 0 Å². The first-order chi connectivity index (χ1) is 9.48. The van der Waals surface area contributed by atoms with Gasteiger partial charge in [0, 0.05) is 15.6 Å². The van der Waals surface area contributed by atoms with Crippen LogP contribution < -0.4 is 11.1 Å². The number of benzene rings is 1. The van der Waals surface area contributed by atoms with Gasteiger partial charge in [0.2, 0.25) is 0 Å². The van der Waals surface area contributed by atoms with E-state index in [2.05, 4.69) is 21.2 Å². The lowest BCUT2D eigenvalue weighted by Crippen LogP contribution is -2.41. The number of carbonyl (C=O) groups is 1. The minimum atomic E-state index is -4.60. The van der Waals surface area contributed by atoms with Gasteiger partial charge >= 0.3 is 6.18 Å². The van der Waals surface area contributed by atoms with Crippen molar-refractivity contribution in [3.8, 4) is 0 Å². The van der Waals surface area contributed by atoms with Gasteiger partial charge in [-0.05, 0) is 48.3 Å². The Morgan fingerprint density at radius 2 is 1.86 bits per heavy atom. The lowest BCUT2D eigenvalue weighted by atomic mass is 10.0. The number of nitrogens with two attached hydrogens (primary N) is 1. The van der Waals surface area contributed by atoms with Crippen LogP contribution in [0.15, 0.2) is 16.6 Å². The van der Waals surface area contributed by atoms with Crippen LogP contribution >= 0.6 is 28.3 Å². The molecule has 3 N–H and O–H groups in total. The summed E-state index contributed by atoms with van der Waals surface area (Å²) in [6, 6.07) is 2.11. The van der Waals surface area contributed by atoms with E-state index in [9.17, 15) is 18.0 Å². The fourth-order valence-electron chi connectivity index (χ4n) is 1.56. The van der Waals surface area contributed by atoms with Gasteiger partial charge in [-0.15, -0.1) is 12.4 Å². The van der Waals surface area contributed by atoms with E-state index < -0.39 is 23.2 Å². The zero-order valence-corrected chi connectivity index (χ0v) is 14.9. The molecule has 22 heavy (non-hydrogen) atoms. The molecule has 0 unspecified atom stereocenters. The van der Waals surface area contributed by atoms with Crippen molar-refractivity contribution in [2.24, 2.45) is 0 Å². The van der Waals surface area contributed by atoms with Gasteiger partial charge in [-0.3, -0.25) is 4.79 Å². The van der Waals surface area contributed by atoms with Crippen molar-refractivity contribution in [3.63, 3.8) is 0 Å². The molecule has 1 aromatic carbocycles. The zero-order valence-electron chi connectivity index (χ0n) is 12.5. The van der Waals surface area contributed by atoms with Gasteiger partial charge in [0.15, 0.2) is 5.78 Å². The third-order valence-corrected chi connectivity index (χ3v) is 4.02. The number of alkyl halides is 3. The van der Waals surface area contributed by atoms with Gasteiger partial charge in [-0.2, -0.15) is 13.2 Å². The number of carbonyl (C=O) groups excluding carboxylic acids is 1. The highest BCUT2D eigenvalue weighted by Gasteiger charge is 2.34. The molecule has 0 aromatic heterocycles. The Balaban J connectivity index is 0.00000441. The van der Waals surface area contributed by atoms with E-state index in [1.54, 1.807) is 0 Å². The number of hydrogen-bond acceptors (Lipinski definition) is 3. The van der Waals surface area contributed by atoms with E-state index in [0.29, 0.717) is 0 Å². The minimum Gasteiger partial charge on any atom is -0.397 e. The van der Waals surface area contributed by atoms with Crippen molar-refractivity contribution in [1.29, 1.82) is 0 Å². The topological polar surface area (TPSA) is 55.1 Å². The predicted molar refractivity (Wildman–Crippen MR) is 87.5 cm³/mol. The highest BCUT2D eigenvalue weighted by Crippen LogP contribution is 2.37. The normalized spacial score (nSPS) is 12.0. The first-order valence-electron chi connectivity index (χ1n) is 6.42. The van der Waals surface area contributed by atoms with Gasteiger partial charge in [0.25, 0.3) is 0 Å². The standard InChI is InChI=1S/C14H18BrF3N2O.ClH/c1-4-13(2,3)20-7-11(21)8-5-9(14(16,17)18)12(19)10(15)6-8;/h5-6,20H,4,7,19H2,1-3H3;1H. The molecule has 8 heteroatoms. The Morgan fingerprint density at radius 3 is 2.32 bits per heavy atom. The summed E-state index contributed by atoms with van der Waals surface area (Å²) >= 11 is 2.96. The maximum absolute atomic E-state index is 12.9. The molecular weight excluding hydrogens is 385 g/mol. The molecule has 0 saturated carbocycles. The number of rotatable bonds is 5. The lowest BCUT2D eigenvalue weighted by molar-refractivity contribution is -0.136. The van der Waals surface area contributed by atoms with Crippen LogP contribution in [0.4, 0.5) is 18.9 Å². The number of nitrogen functional groups attached to an aromatic ring is 1.